The van der Waals surface area contributed by atoms with Gasteiger partial charge >= 0.3 is 0 Å². The van der Waals surface area contributed by atoms with Crippen molar-refractivity contribution in [2.24, 2.45) is 0 Å². The van der Waals surface area contributed by atoms with E-state index in [9.17, 15) is 4.79 Å². The first-order valence-corrected chi connectivity index (χ1v) is 6.23. The van der Waals surface area contributed by atoms with Crippen molar-refractivity contribution in [3.8, 4) is 6.07 Å². The van der Waals surface area contributed by atoms with Crippen LogP contribution in [0.1, 0.15) is 23.2 Å². The molecule has 0 amide bonds. The molecule has 18 heavy (non-hydrogen) atoms. The van der Waals surface area contributed by atoms with Crippen LogP contribution in [-0.4, -0.2) is 36.9 Å². The lowest BCUT2D eigenvalue weighted by Crippen LogP contribution is -2.54. The van der Waals surface area contributed by atoms with Crippen molar-refractivity contribution < 1.29 is 4.79 Å². The van der Waals surface area contributed by atoms with E-state index in [4.69, 9.17) is 5.26 Å². The predicted molar refractivity (Wildman–Crippen MR) is 70.5 cm³/mol. The zero-order chi connectivity index (χ0) is 12.8. The van der Waals surface area contributed by atoms with Crippen LogP contribution < -0.4 is 5.32 Å². The third kappa shape index (κ3) is 3.31. The summed E-state index contributed by atoms with van der Waals surface area (Å²) in [7, 11) is 0. The van der Waals surface area contributed by atoms with Crippen LogP contribution >= 0.6 is 0 Å². The number of benzene rings is 1. The molecule has 1 N–H and O–H groups in total. The Labute approximate surface area is 107 Å². The summed E-state index contributed by atoms with van der Waals surface area (Å²) in [6, 6.07) is 10.1. The van der Waals surface area contributed by atoms with Crippen LogP contribution in [0.5, 0.6) is 0 Å². The Bertz CT molecular complexity index is 429. The fourth-order valence-electron chi connectivity index (χ4n) is 2.12. The number of hydrogen-bond donors (Lipinski definition) is 1. The Morgan fingerprint density at radius 1 is 1.39 bits per heavy atom. The molecule has 0 aliphatic carbocycles. The first-order chi connectivity index (χ1) is 8.81. The van der Waals surface area contributed by atoms with Gasteiger partial charge in [0.15, 0.2) is 0 Å². The Kier molecular flexibility index (Phi) is 4.32. The molecule has 0 atom stereocenters. The largest absolute Gasteiger partial charge is 0.380 e. The van der Waals surface area contributed by atoms with Gasteiger partial charge in [-0.05, 0) is 37.2 Å². The van der Waals surface area contributed by atoms with Crippen LogP contribution in [0.4, 0.5) is 5.69 Å². The van der Waals surface area contributed by atoms with Gasteiger partial charge in [0.1, 0.15) is 6.29 Å². The number of aldehydes is 1. The molecule has 4 nitrogen and oxygen atoms in total. The second-order valence-electron chi connectivity index (χ2n) is 4.60. The average Bonchev–Trinajstić information content (AvgIpc) is 2.36. The molecule has 94 valence electrons. The molecule has 0 aromatic heterocycles. The molecule has 0 unspecified atom stereocenters. The molecule has 0 bridgehead atoms. The highest BCUT2D eigenvalue weighted by molar-refractivity contribution is 5.75. The van der Waals surface area contributed by atoms with Crippen LogP contribution in [-0.2, 0) is 0 Å². The van der Waals surface area contributed by atoms with Gasteiger partial charge in [-0.2, -0.15) is 5.26 Å². The second-order valence-corrected chi connectivity index (χ2v) is 4.60. The Balaban J connectivity index is 1.69. The zero-order valence-corrected chi connectivity index (χ0v) is 10.3. The molecule has 0 saturated carbocycles. The number of hydrogen-bond acceptors (Lipinski definition) is 4. The van der Waals surface area contributed by atoms with E-state index in [2.05, 4.69) is 16.3 Å². The van der Waals surface area contributed by atoms with Crippen molar-refractivity contribution in [3.05, 3.63) is 29.8 Å². The predicted octanol–water partition coefficient (Wildman–Crippen LogP) is 1.90. The molecule has 4 heteroatoms. The lowest BCUT2D eigenvalue weighted by atomic mass is 10.1. The number of nitrogens with zero attached hydrogens (tertiary/aromatic N) is 2. The second kappa shape index (κ2) is 6.18. The number of unbranched alkanes of at least 4 members (excludes halogenated alkanes) is 1. The van der Waals surface area contributed by atoms with Gasteiger partial charge in [-0.15, -0.1) is 0 Å². The zero-order valence-electron chi connectivity index (χ0n) is 10.3. The number of rotatable bonds is 6. The molecular formula is C14H17N3O. The maximum absolute atomic E-state index is 10.5. The number of carbonyl (C=O) groups excluding carboxylic acids is 1. The van der Waals surface area contributed by atoms with Gasteiger partial charge in [-0.1, -0.05) is 0 Å². The first kappa shape index (κ1) is 12.6. The monoisotopic (exact) mass is 243 g/mol. The lowest BCUT2D eigenvalue weighted by Gasteiger charge is -2.40. The molecule has 1 aliphatic heterocycles. The Morgan fingerprint density at radius 2 is 2.11 bits per heavy atom. The molecule has 1 saturated heterocycles. The van der Waals surface area contributed by atoms with Crippen LogP contribution in [0.3, 0.4) is 0 Å². The van der Waals surface area contributed by atoms with E-state index in [1.54, 1.807) is 0 Å². The van der Waals surface area contributed by atoms with Crippen LogP contribution in [0, 0.1) is 11.3 Å². The van der Waals surface area contributed by atoms with Gasteiger partial charge in [-0.3, -0.25) is 9.69 Å². The number of nitrogens with one attached hydrogen (secondary N) is 1. The maximum atomic E-state index is 10.5. The third-order valence-corrected chi connectivity index (χ3v) is 3.14. The fraction of sp³-hybridized carbons (Fsp3) is 0.429. The van der Waals surface area contributed by atoms with E-state index < -0.39 is 0 Å². The summed E-state index contributed by atoms with van der Waals surface area (Å²) in [6.45, 7) is 3.07. The molecule has 1 aromatic carbocycles. The lowest BCUT2D eigenvalue weighted by molar-refractivity contribution is 0.112. The summed E-state index contributed by atoms with van der Waals surface area (Å²) in [5.74, 6) is 0. The van der Waals surface area contributed by atoms with Gasteiger partial charge in [0.2, 0.25) is 0 Å². The van der Waals surface area contributed by atoms with E-state index in [1.165, 1.54) is 0 Å². The molecule has 0 radical (unpaired) electrons. The van der Waals surface area contributed by atoms with Gasteiger partial charge in [0.05, 0.1) is 12.1 Å². The molecule has 1 heterocycles. The van der Waals surface area contributed by atoms with Crippen molar-refractivity contribution in [2.75, 3.05) is 25.0 Å². The third-order valence-electron chi connectivity index (χ3n) is 3.14. The normalized spacial score (nSPS) is 15.7. The maximum Gasteiger partial charge on any atom is 0.150 e. The highest BCUT2D eigenvalue weighted by Crippen LogP contribution is 2.16. The quantitative estimate of drug-likeness (QED) is 0.612. The number of nitriles is 1. The van der Waals surface area contributed by atoms with Crippen molar-refractivity contribution in [1.29, 1.82) is 5.26 Å². The summed E-state index contributed by atoms with van der Waals surface area (Å²) in [5, 5.41) is 11.9. The molecule has 1 fully saturated rings. The smallest absolute Gasteiger partial charge is 0.150 e. The molecular weight excluding hydrogens is 226 g/mol. The summed E-state index contributed by atoms with van der Waals surface area (Å²) in [4.78, 5) is 12.9. The SMILES string of the molecule is N#CCCCN1CC(Nc2ccc(C=O)cc2)C1. The average molecular weight is 243 g/mol. The Morgan fingerprint density at radius 3 is 2.72 bits per heavy atom. The highest BCUT2D eigenvalue weighted by atomic mass is 16.1. The van der Waals surface area contributed by atoms with Gasteiger partial charge in [0, 0.05) is 30.8 Å². The summed E-state index contributed by atoms with van der Waals surface area (Å²) >= 11 is 0. The number of anilines is 1. The minimum absolute atomic E-state index is 0.481. The van der Waals surface area contributed by atoms with Crippen molar-refractivity contribution in [1.82, 2.24) is 4.90 Å². The van der Waals surface area contributed by atoms with Crippen molar-refractivity contribution in [3.63, 3.8) is 0 Å². The van der Waals surface area contributed by atoms with Crippen molar-refractivity contribution in [2.45, 2.75) is 18.9 Å². The first-order valence-electron chi connectivity index (χ1n) is 6.23. The molecule has 1 aromatic rings. The number of likely N-dealkylation sites (tertiary alicyclic amines) is 1. The minimum atomic E-state index is 0.481. The van der Waals surface area contributed by atoms with Gasteiger partial charge < -0.3 is 5.32 Å². The summed E-state index contributed by atoms with van der Waals surface area (Å²) in [5.41, 5.74) is 1.76. The van der Waals surface area contributed by atoms with E-state index in [0.717, 1.165) is 38.0 Å². The highest BCUT2D eigenvalue weighted by Gasteiger charge is 2.25. The van der Waals surface area contributed by atoms with Crippen molar-refractivity contribution >= 4 is 12.0 Å². The van der Waals surface area contributed by atoms with E-state index in [0.29, 0.717) is 18.0 Å². The van der Waals surface area contributed by atoms with Crippen LogP contribution in [0.15, 0.2) is 24.3 Å². The van der Waals surface area contributed by atoms with Gasteiger partial charge in [-0.25, -0.2) is 0 Å². The topological polar surface area (TPSA) is 56.1 Å². The number of carbonyl (C=O) groups is 1. The Hall–Kier alpha value is -1.86. The molecule has 1 aliphatic rings. The summed E-state index contributed by atoms with van der Waals surface area (Å²) < 4.78 is 0. The van der Waals surface area contributed by atoms with Crippen LogP contribution in [0.2, 0.25) is 0 Å². The standard InChI is InChI=1S/C14H17N3O/c15-7-1-2-8-17-9-14(10-17)16-13-5-3-12(11-18)4-6-13/h3-6,11,14,16H,1-2,8-10H2. The summed E-state index contributed by atoms with van der Waals surface area (Å²) in [6.07, 6.45) is 2.45. The van der Waals surface area contributed by atoms with Gasteiger partial charge in [0.25, 0.3) is 0 Å². The minimum Gasteiger partial charge on any atom is -0.380 e. The molecule has 0 spiro atoms. The van der Waals surface area contributed by atoms with E-state index >= 15 is 0 Å². The van der Waals surface area contributed by atoms with Crippen LogP contribution in [0.25, 0.3) is 0 Å². The molecule has 2 rings (SSSR count). The fourth-order valence-corrected chi connectivity index (χ4v) is 2.12. The van der Waals surface area contributed by atoms with E-state index in [1.807, 2.05) is 24.3 Å². The van der Waals surface area contributed by atoms with E-state index in [-0.39, 0.29) is 0 Å².